The Balaban J connectivity index is 2.64. The highest BCUT2D eigenvalue weighted by molar-refractivity contribution is 7.11. The maximum atomic E-state index is 5.87. The summed E-state index contributed by atoms with van der Waals surface area (Å²) in [7, 11) is 1.85. The van der Waals surface area contributed by atoms with E-state index in [1.54, 1.807) is 16.0 Å². The lowest BCUT2D eigenvalue weighted by molar-refractivity contribution is 0.781. The molecule has 15 heavy (non-hydrogen) atoms. The van der Waals surface area contributed by atoms with Crippen LogP contribution >= 0.6 is 11.3 Å². The van der Waals surface area contributed by atoms with Crippen LogP contribution in [0.1, 0.15) is 15.4 Å². The maximum absolute atomic E-state index is 5.87. The number of anilines is 1. The number of nitrogens with zero attached hydrogens (tertiary/aromatic N) is 3. The van der Waals surface area contributed by atoms with Gasteiger partial charge in [-0.15, -0.1) is 11.3 Å². The van der Waals surface area contributed by atoms with Crippen LogP contribution in [0.4, 0.5) is 5.82 Å². The largest absolute Gasteiger partial charge is 0.384 e. The molecule has 2 rings (SSSR count). The summed E-state index contributed by atoms with van der Waals surface area (Å²) in [5.41, 5.74) is 8.74. The molecule has 4 nitrogen and oxygen atoms in total. The first-order chi connectivity index (χ1) is 7.00. The molecule has 0 bridgehead atoms. The van der Waals surface area contributed by atoms with Crippen LogP contribution in [0.15, 0.2) is 0 Å². The number of nitrogens with two attached hydrogens (primary N) is 1. The molecule has 2 heterocycles. The third-order valence-corrected chi connectivity index (χ3v) is 3.35. The lowest BCUT2D eigenvalue weighted by atomic mass is 10.2. The predicted octanol–water partition coefficient (Wildman–Crippen LogP) is 2.05. The van der Waals surface area contributed by atoms with E-state index in [1.165, 1.54) is 4.88 Å². The number of aromatic nitrogens is 3. The van der Waals surface area contributed by atoms with Crippen molar-refractivity contribution in [1.82, 2.24) is 14.8 Å². The van der Waals surface area contributed by atoms with Crippen molar-refractivity contribution in [1.29, 1.82) is 0 Å². The molecule has 2 aromatic heterocycles. The summed E-state index contributed by atoms with van der Waals surface area (Å²) in [5, 5.41) is 5.45. The number of rotatable bonds is 1. The Kier molecular flexibility index (Phi) is 2.26. The molecule has 0 fully saturated rings. The summed E-state index contributed by atoms with van der Waals surface area (Å²) in [5.74, 6) is 0.704. The van der Waals surface area contributed by atoms with E-state index >= 15 is 0 Å². The van der Waals surface area contributed by atoms with Crippen molar-refractivity contribution in [3.05, 3.63) is 15.4 Å². The molecular formula is C10H14N4S. The Morgan fingerprint density at radius 1 is 1.20 bits per heavy atom. The fourth-order valence-electron chi connectivity index (χ4n) is 1.62. The van der Waals surface area contributed by atoms with Crippen LogP contribution in [0.5, 0.6) is 0 Å². The SMILES string of the molecule is Cc1nc(-c2nn(C)c(N)c2C)c(C)s1. The number of nitrogen functional groups attached to an aromatic ring is 1. The van der Waals surface area contributed by atoms with E-state index in [4.69, 9.17) is 5.73 Å². The summed E-state index contributed by atoms with van der Waals surface area (Å²) in [4.78, 5) is 5.67. The van der Waals surface area contributed by atoms with Crippen molar-refractivity contribution < 1.29 is 0 Å². The minimum atomic E-state index is 0.704. The van der Waals surface area contributed by atoms with Crippen molar-refractivity contribution in [3.63, 3.8) is 0 Å². The Hall–Kier alpha value is -1.36. The Bertz CT molecular complexity index is 510. The molecule has 0 radical (unpaired) electrons. The lowest BCUT2D eigenvalue weighted by Crippen LogP contribution is -1.97. The quantitative estimate of drug-likeness (QED) is 0.803. The first-order valence-electron chi connectivity index (χ1n) is 4.74. The molecule has 0 aliphatic carbocycles. The zero-order valence-electron chi connectivity index (χ0n) is 9.33. The second-order valence-electron chi connectivity index (χ2n) is 3.62. The molecule has 80 valence electrons. The van der Waals surface area contributed by atoms with Gasteiger partial charge < -0.3 is 5.73 Å². The Morgan fingerprint density at radius 2 is 1.87 bits per heavy atom. The van der Waals surface area contributed by atoms with Crippen LogP contribution in [0.3, 0.4) is 0 Å². The summed E-state index contributed by atoms with van der Waals surface area (Å²) >= 11 is 1.69. The van der Waals surface area contributed by atoms with Gasteiger partial charge in [-0.3, -0.25) is 4.68 Å². The van der Waals surface area contributed by atoms with Crippen LogP contribution in [-0.2, 0) is 7.05 Å². The van der Waals surface area contributed by atoms with Crippen molar-refractivity contribution in [3.8, 4) is 11.4 Å². The first kappa shape index (κ1) is 10.2. The zero-order chi connectivity index (χ0) is 11.2. The van der Waals surface area contributed by atoms with Gasteiger partial charge in [0, 0.05) is 17.5 Å². The van der Waals surface area contributed by atoms with Gasteiger partial charge in [-0.05, 0) is 20.8 Å². The highest BCUT2D eigenvalue weighted by atomic mass is 32.1. The lowest BCUT2D eigenvalue weighted by Gasteiger charge is -1.94. The molecular weight excluding hydrogens is 208 g/mol. The van der Waals surface area contributed by atoms with Gasteiger partial charge in [0.2, 0.25) is 0 Å². The van der Waals surface area contributed by atoms with E-state index in [-0.39, 0.29) is 0 Å². The van der Waals surface area contributed by atoms with Crippen molar-refractivity contribution in [2.45, 2.75) is 20.8 Å². The van der Waals surface area contributed by atoms with Gasteiger partial charge in [-0.1, -0.05) is 0 Å². The third kappa shape index (κ3) is 1.52. The van der Waals surface area contributed by atoms with E-state index in [0.717, 1.165) is 22.0 Å². The fraction of sp³-hybridized carbons (Fsp3) is 0.400. The zero-order valence-corrected chi connectivity index (χ0v) is 10.1. The molecule has 2 N–H and O–H groups in total. The van der Waals surface area contributed by atoms with Crippen LogP contribution in [0.25, 0.3) is 11.4 Å². The Morgan fingerprint density at radius 3 is 2.27 bits per heavy atom. The molecule has 0 aliphatic heterocycles. The molecule has 2 aromatic rings. The Labute approximate surface area is 92.8 Å². The smallest absolute Gasteiger partial charge is 0.124 e. The standard InChI is InChI=1S/C10H14N4S/c1-5-8(13-14(4)10(5)11)9-6(2)15-7(3)12-9/h11H2,1-4H3. The van der Waals surface area contributed by atoms with Gasteiger partial charge in [0.15, 0.2) is 0 Å². The molecule has 0 aromatic carbocycles. The van der Waals surface area contributed by atoms with E-state index in [1.807, 2.05) is 20.9 Å². The van der Waals surface area contributed by atoms with Gasteiger partial charge >= 0.3 is 0 Å². The van der Waals surface area contributed by atoms with E-state index in [0.29, 0.717) is 5.82 Å². The number of aryl methyl sites for hydroxylation is 3. The average molecular weight is 222 g/mol. The maximum Gasteiger partial charge on any atom is 0.124 e. The fourth-order valence-corrected chi connectivity index (χ4v) is 2.44. The summed E-state index contributed by atoms with van der Waals surface area (Å²) in [6, 6.07) is 0. The van der Waals surface area contributed by atoms with Gasteiger partial charge in [0.25, 0.3) is 0 Å². The monoisotopic (exact) mass is 222 g/mol. The highest BCUT2D eigenvalue weighted by Crippen LogP contribution is 2.30. The van der Waals surface area contributed by atoms with Crippen molar-refractivity contribution >= 4 is 17.2 Å². The predicted molar refractivity (Wildman–Crippen MR) is 62.9 cm³/mol. The molecule has 0 unspecified atom stereocenters. The van der Waals surface area contributed by atoms with Gasteiger partial charge in [0.05, 0.1) is 5.01 Å². The summed E-state index contributed by atoms with van der Waals surface area (Å²) in [6.45, 7) is 6.04. The molecule has 0 saturated heterocycles. The number of hydrogen-bond donors (Lipinski definition) is 1. The molecule has 0 saturated carbocycles. The molecule has 0 amide bonds. The van der Waals surface area contributed by atoms with E-state index in [9.17, 15) is 0 Å². The normalized spacial score (nSPS) is 10.9. The topological polar surface area (TPSA) is 56.7 Å². The van der Waals surface area contributed by atoms with E-state index < -0.39 is 0 Å². The average Bonchev–Trinajstić information content (AvgIpc) is 2.61. The molecule has 0 atom stereocenters. The second-order valence-corrected chi connectivity index (χ2v) is 5.03. The number of thiazole rings is 1. The molecule has 5 heteroatoms. The van der Waals surface area contributed by atoms with Crippen LogP contribution in [0, 0.1) is 20.8 Å². The molecule has 0 aliphatic rings. The van der Waals surface area contributed by atoms with Gasteiger partial charge in [-0.25, -0.2) is 4.98 Å². The second kappa shape index (κ2) is 3.34. The van der Waals surface area contributed by atoms with Crippen LogP contribution in [-0.4, -0.2) is 14.8 Å². The number of hydrogen-bond acceptors (Lipinski definition) is 4. The van der Waals surface area contributed by atoms with Gasteiger partial charge in [0.1, 0.15) is 17.2 Å². The van der Waals surface area contributed by atoms with Gasteiger partial charge in [-0.2, -0.15) is 5.10 Å². The minimum absolute atomic E-state index is 0.704. The highest BCUT2D eigenvalue weighted by Gasteiger charge is 2.16. The third-order valence-electron chi connectivity index (χ3n) is 2.47. The molecule has 0 spiro atoms. The van der Waals surface area contributed by atoms with Crippen LogP contribution in [0.2, 0.25) is 0 Å². The van der Waals surface area contributed by atoms with Crippen molar-refractivity contribution in [2.75, 3.05) is 5.73 Å². The van der Waals surface area contributed by atoms with Crippen LogP contribution < -0.4 is 5.73 Å². The summed E-state index contributed by atoms with van der Waals surface area (Å²) < 4.78 is 1.69. The first-order valence-corrected chi connectivity index (χ1v) is 5.56. The minimum Gasteiger partial charge on any atom is -0.384 e. The van der Waals surface area contributed by atoms with E-state index in [2.05, 4.69) is 17.0 Å². The van der Waals surface area contributed by atoms with Crippen molar-refractivity contribution in [2.24, 2.45) is 7.05 Å². The summed E-state index contributed by atoms with van der Waals surface area (Å²) in [6.07, 6.45) is 0.